The maximum absolute atomic E-state index is 12.1. The second-order valence-corrected chi connectivity index (χ2v) is 7.72. The van der Waals surface area contributed by atoms with E-state index in [0.717, 1.165) is 40.0 Å². The number of thiophene rings is 1. The highest BCUT2D eigenvalue weighted by Crippen LogP contribution is 2.33. The van der Waals surface area contributed by atoms with Gasteiger partial charge < -0.3 is 10.3 Å². The maximum Gasteiger partial charge on any atom is 0.251 e. The molecule has 1 amide bonds. The van der Waals surface area contributed by atoms with Gasteiger partial charge in [-0.2, -0.15) is 0 Å². The number of carbonyl (C=O) groups excluding carboxylic acids is 1. The molecule has 2 N–H and O–H groups in total. The molecule has 124 valence electrons. The van der Waals surface area contributed by atoms with Crippen molar-refractivity contribution in [1.82, 2.24) is 4.57 Å². The fraction of sp³-hybridized carbons (Fsp3) is 0.211. The first kappa shape index (κ1) is 17.0. The lowest BCUT2D eigenvalue weighted by atomic mass is 10.0. The van der Waals surface area contributed by atoms with E-state index in [4.69, 9.17) is 5.73 Å². The molecule has 0 bridgehead atoms. The summed E-state index contributed by atoms with van der Waals surface area (Å²) in [5.74, 6) is -0.372. The molecule has 2 heterocycles. The molecule has 0 aliphatic rings. The molecule has 0 atom stereocenters. The lowest BCUT2D eigenvalue weighted by Crippen LogP contribution is -2.13. The summed E-state index contributed by atoms with van der Waals surface area (Å²) in [4.78, 5) is 13.4. The number of hydrogen-bond acceptors (Lipinski definition) is 2. The minimum Gasteiger partial charge on any atom is -0.366 e. The molecule has 24 heavy (non-hydrogen) atoms. The predicted molar refractivity (Wildman–Crippen MR) is 104 cm³/mol. The largest absolute Gasteiger partial charge is 0.366 e. The average Bonchev–Trinajstić information content (AvgIpc) is 3.13. The highest BCUT2D eigenvalue weighted by Gasteiger charge is 2.22. The molecule has 3 aromatic rings. The number of hydrogen-bond donors (Lipinski definition) is 1. The zero-order valence-corrected chi connectivity index (χ0v) is 16.1. The number of primary amides is 1. The van der Waals surface area contributed by atoms with Gasteiger partial charge in [-0.25, -0.2) is 0 Å². The average molecular weight is 403 g/mol. The Morgan fingerprint density at radius 1 is 1.17 bits per heavy atom. The van der Waals surface area contributed by atoms with Gasteiger partial charge >= 0.3 is 0 Å². The Bertz CT molecular complexity index is 864. The topological polar surface area (TPSA) is 48.0 Å². The van der Waals surface area contributed by atoms with Crippen molar-refractivity contribution in [2.24, 2.45) is 5.73 Å². The third-order valence-corrected chi connectivity index (χ3v) is 5.79. The Labute approximate surface area is 154 Å². The smallest absolute Gasteiger partial charge is 0.251 e. The summed E-state index contributed by atoms with van der Waals surface area (Å²) in [6, 6.07) is 12.2. The van der Waals surface area contributed by atoms with Crippen LogP contribution in [0.3, 0.4) is 0 Å². The molecule has 0 radical (unpaired) electrons. The highest BCUT2D eigenvalue weighted by molar-refractivity contribution is 9.10. The van der Waals surface area contributed by atoms with Crippen molar-refractivity contribution in [2.75, 3.05) is 0 Å². The van der Waals surface area contributed by atoms with Gasteiger partial charge in [-0.05, 0) is 49.4 Å². The van der Waals surface area contributed by atoms with Gasteiger partial charge in [-0.15, -0.1) is 11.3 Å². The van der Waals surface area contributed by atoms with Crippen molar-refractivity contribution in [2.45, 2.75) is 26.8 Å². The number of halogens is 1. The highest BCUT2D eigenvalue weighted by atomic mass is 79.9. The Kier molecular flexibility index (Phi) is 4.92. The van der Waals surface area contributed by atoms with Gasteiger partial charge in [0.25, 0.3) is 5.91 Å². The van der Waals surface area contributed by atoms with E-state index in [0.29, 0.717) is 5.56 Å². The lowest BCUT2D eigenvalue weighted by molar-refractivity contribution is 0.1000. The molecule has 2 aromatic heterocycles. The van der Waals surface area contributed by atoms with Crippen LogP contribution >= 0.6 is 27.3 Å². The van der Waals surface area contributed by atoms with Crippen LogP contribution in [0.1, 0.15) is 26.6 Å². The standard InChI is InChI=1S/C19H19BrN2OS/c1-12-17(14-5-7-15(20)8-6-14)18(19(21)23)13(2)22(12)10-9-16-4-3-11-24-16/h3-8,11H,9-10H2,1-2H3,(H2,21,23). The fourth-order valence-corrected chi connectivity index (χ4v) is 4.13. The molecular formula is C19H19BrN2OS. The molecule has 0 saturated carbocycles. The van der Waals surface area contributed by atoms with Gasteiger partial charge in [0.05, 0.1) is 5.56 Å². The first-order chi connectivity index (χ1) is 11.5. The van der Waals surface area contributed by atoms with Crippen molar-refractivity contribution in [3.05, 3.63) is 68.1 Å². The normalized spacial score (nSPS) is 11.0. The van der Waals surface area contributed by atoms with Gasteiger partial charge in [0.2, 0.25) is 0 Å². The molecule has 0 aliphatic heterocycles. The molecule has 0 aliphatic carbocycles. The Balaban J connectivity index is 2.06. The molecule has 1 aromatic carbocycles. The summed E-state index contributed by atoms with van der Waals surface area (Å²) >= 11 is 5.21. The van der Waals surface area contributed by atoms with Gasteiger partial charge in [-0.3, -0.25) is 4.79 Å². The van der Waals surface area contributed by atoms with Crippen molar-refractivity contribution in [3.8, 4) is 11.1 Å². The maximum atomic E-state index is 12.1. The van der Waals surface area contributed by atoms with Gasteiger partial charge in [-0.1, -0.05) is 34.1 Å². The molecule has 3 rings (SSSR count). The monoisotopic (exact) mass is 402 g/mol. The van der Waals surface area contributed by atoms with Gasteiger partial charge in [0, 0.05) is 32.8 Å². The number of nitrogens with two attached hydrogens (primary N) is 1. The second kappa shape index (κ2) is 6.95. The summed E-state index contributed by atoms with van der Waals surface area (Å²) in [5, 5.41) is 2.09. The van der Waals surface area contributed by atoms with Crippen LogP contribution in [0.15, 0.2) is 46.3 Å². The van der Waals surface area contributed by atoms with Crippen LogP contribution in [-0.2, 0) is 13.0 Å². The number of aromatic nitrogens is 1. The van der Waals surface area contributed by atoms with Crippen molar-refractivity contribution < 1.29 is 4.79 Å². The van der Waals surface area contributed by atoms with Crippen LogP contribution in [0.4, 0.5) is 0 Å². The van der Waals surface area contributed by atoms with Crippen LogP contribution in [0, 0.1) is 13.8 Å². The Morgan fingerprint density at radius 3 is 2.46 bits per heavy atom. The molecule has 3 nitrogen and oxygen atoms in total. The number of nitrogens with zero attached hydrogens (tertiary/aromatic N) is 1. The number of carbonyl (C=O) groups is 1. The van der Waals surface area contributed by atoms with Crippen LogP contribution in [0.25, 0.3) is 11.1 Å². The van der Waals surface area contributed by atoms with Crippen LogP contribution in [0.5, 0.6) is 0 Å². The van der Waals surface area contributed by atoms with Crippen molar-refractivity contribution >= 4 is 33.2 Å². The molecule has 0 saturated heterocycles. The van der Waals surface area contributed by atoms with Crippen LogP contribution < -0.4 is 5.73 Å². The van der Waals surface area contributed by atoms with E-state index in [1.807, 2.05) is 31.2 Å². The SMILES string of the molecule is Cc1c(C(N)=O)c(-c2ccc(Br)cc2)c(C)n1CCc1cccs1. The summed E-state index contributed by atoms with van der Waals surface area (Å²) in [7, 11) is 0. The van der Waals surface area contributed by atoms with E-state index in [1.54, 1.807) is 11.3 Å². The zero-order valence-electron chi connectivity index (χ0n) is 13.7. The summed E-state index contributed by atoms with van der Waals surface area (Å²) in [5.41, 5.74) is 10.3. The first-order valence-electron chi connectivity index (χ1n) is 7.77. The van der Waals surface area contributed by atoms with Gasteiger partial charge in [0.1, 0.15) is 0 Å². The predicted octanol–water partition coefficient (Wildman–Crippen LogP) is 4.94. The van der Waals surface area contributed by atoms with Crippen LogP contribution in [-0.4, -0.2) is 10.5 Å². The Hall–Kier alpha value is -1.85. The van der Waals surface area contributed by atoms with Crippen LogP contribution in [0.2, 0.25) is 0 Å². The minimum absolute atomic E-state index is 0.372. The number of aryl methyl sites for hydroxylation is 1. The van der Waals surface area contributed by atoms with E-state index < -0.39 is 0 Å². The summed E-state index contributed by atoms with van der Waals surface area (Å²) in [6.45, 7) is 4.88. The van der Waals surface area contributed by atoms with E-state index in [1.165, 1.54) is 4.88 Å². The van der Waals surface area contributed by atoms with E-state index in [2.05, 4.69) is 44.9 Å². The van der Waals surface area contributed by atoms with Crippen molar-refractivity contribution in [3.63, 3.8) is 0 Å². The second-order valence-electron chi connectivity index (χ2n) is 5.77. The third kappa shape index (κ3) is 3.19. The molecule has 0 spiro atoms. The molecular weight excluding hydrogens is 384 g/mol. The first-order valence-corrected chi connectivity index (χ1v) is 9.44. The molecule has 0 fully saturated rings. The van der Waals surface area contributed by atoms with E-state index >= 15 is 0 Å². The van der Waals surface area contributed by atoms with Crippen molar-refractivity contribution in [1.29, 1.82) is 0 Å². The Morgan fingerprint density at radius 2 is 1.88 bits per heavy atom. The number of amides is 1. The van der Waals surface area contributed by atoms with Gasteiger partial charge in [0.15, 0.2) is 0 Å². The van der Waals surface area contributed by atoms with E-state index in [-0.39, 0.29) is 5.91 Å². The minimum atomic E-state index is -0.372. The fourth-order valence-electron chi connectivity index (χ4n) is 3.17. The number of rotatable bonds is 5. The summed E-state index contributed by atoms with van der Waals surface area (Å²) < 4.78 is 3.22. The molecule has 0 unspecified atom stereocenters. The lowest BCUT2D eigenvalue weighted by Gasteiger charge is -2.09. The third-order valence-electron chi connectivity index (χ3n) is 4.32. The molecule has 5 heteroatoms. The zero-order chi connectivity index (χ0) is 17.3. The summed E-state index contributed by atoms with van der Waals surface area (Å²) in [6.07, 6.45) is 0.950. The van der Waals surface area contributed by atoms with E-state index in [9.17, 15) is 4.79 Å². The quantitative estimate of drug-likeness (QED) is 0.645. The number of benzene rings is 1.